The molecule has 0 spiro atoms. The Morgan fingerprint density at radius 3 is 2.17 bits per heavy atom. The zero-order chi connectivity index (χ0) is 14.0. The van der Waals surface area contributed by atoms with E-state index in [2.05, 4.69) is 4.84 Å². The molecule has 0 aliphatic carbocycles. The summed E-state index contributed by atoms with van der Waals surface area (Å²) in [6, 6.07) is 7.03. The smallest absolute Gasteiger partial charge is 0.348 e. The number of alkyl halides is 3. The lowest BCUT2D eigenvalue weighted by Crippen LogP contribution is -2.39. The third kappa shape index (κ3) is 2.99. The van der Waals surface area contributed by atoms with Crippen LogP contribution in [0.1, 0.15) is 10.4 Å². The molecular weight excluding hydrogens is 275 g/mol. The molecule has 0 radical (unpaired) electrons. The van der Waals surface area contributed by atoms with Crippen molar-refractivity contribution in [1.29, 1.82) is 0 Å². The zero-order valence-corrected chi connectivity index (χ0v) is 9.83. The van der Waals surface area contributed by atoms with E-state index in [-0.39, 0.29) is 5.56 Å². The Balaban J connectivity index is 2.85. The topological polar surface area (TPSA) is 63.7 Å². The summed E-state index contributed by atoms with van der Waals surface area (Å²) in [7, 11) is -5.20. The van der Waals surface area contributed by atoms with Gasteiger partial charge in [0.25, 0.3) is 0 Å². The number of sulfonamides is 1. The van der Waals surface area contributed by atoms with Crippen LogP contribution in [0.4, 0.5) is 13.2 Å². The fourth-order valence-electron chi connectivity index (χ4n) is 0.939. The van der Waals surface area contributed by atoms with Crippen molar-refractivity contribution in [2.45, 2.75) is 5.51 Å². The molecule has 1 aromatic carbocycles. The van der Waals surface area contributed by atoms with Gasteiger partial charge in [-0.2, -0.15) is 21.6 Å². The van der Waals surface area contributed by atoms with Gasteiger partial charge in [-0.05, 0) is 16.6 Å². The molecule has 0 saturated carbocycles. The molecule has 1 rings (SSSR count). The molecule has 0 aliphatic rings. The number of carbonyl (C=O) groups is 1. The number of nitrogens with zero attached hydrogens (tertiary/aromatic N) is 1. The average molecular weight is 283 g/mol. The summed E-state index contributed by atoms with van der Waals surface area (Å²) in [5.74, 6) is -1.20. The maximum Gasteiger partial charge on any atom is 0.514 e. The van der Waals surface area contributed by atoms with Crippen LogP contribution in [0.2, 0.25) is 0 Å². The van der Waals surface area contributed by atoms with Gasteiger partial charge in [0.15, 0.2) is 0 Å². The van der Waals surface area contributed by atoms with E-state index in [1.54, 1.807) is 6.07 Å². The van der Waals surface area contributed by atoms with Crippen molar-refractivity contribution in [1.82, 2.24) is 4.47 Å². The Hall–Kier alpha value is -1.61. The number of benzene rings is 1. The van der Waals surface area contributed by atoms with E-state index in [1.165, 1.54) is 24.3 Å². The molecule has 0 fully saturated rings. The summed E-state index contributed by atoms with van der Waals surface area (Å²) in [5.41, 5.74) is -5.60. The molecule has 0 saturated heterocycles. The summed E-state index contributed by atoms with van der Waals surface area (Å²) < 4.78 is 57.5. The monoisotopic (exact) mass is 283 g/mol. The van der Waals surface area contributed by atoms with E-state index >= 15 is 0 Å². The van der Waals surface area contributed by atoms with Gasteiger partial charge < -0.3 is 4.84 Å². The van der Waals surface area contributed by atoms with Crippen molar-refractivity contribution in [3.8, 4) is 0 Å². The molecule has 0 aliphatic heterocycles. The van der Waals surface area contributed by atoms with E-state index in [9.17, 15) is 26.4 Å². The first-order valence-electron chi connectivity index (χ1n) is 4.49. The lowest BCUT2D eigenvalue weighted by Gasteiger charge is -2.17. The third-order valence-electron chi connectivity index (χ3n) is 1.85. The standard InChI is InChI=1S/C9H8F3NO4S/c1-13(18(15,16)9(10,11)12)17-8(14)7-5-3-2-4-6-7/h2-6H,1H3. The molecule has 9 heteroatoms. The molecule has 0 aromatic heterocycles. The number of rotatable bonds is 3. The summed E-state index contributed by atoms with van der Waals surface area (Å²) in [6.45, 7) is 0. The van der Waals surface area contributed by atoms with Gasteiger partial charge in [0, 0.05) is 7.05 Å². The van der Waals surface area contributed by atoms with E-state index in [0.717, 1.165) is 0 Å². The van der Waals surface area contributed by atoms with Gasteiger partial charge in [0.2, 0.25) is 0 Å². The Bertz CT molecular complexity index is 526. The average Bonchev–Trinajstić information content (AvgIpc) is 2.28. The van der Waals surface area contributed by atoms with Crippen molar-refractivity contribution in [3.05, 3.63) is 35.9 Å². The van der Waals surface area contributed by atoms with Crippen molar-refractivity contribution in [2.75, 3.05) is 7.05 Å². The Morgan fingerprint density at radius 2 is 1.72 bits per heavy atom. The Labute approximate surface area is 101 Å². The van der Waals surface area contributed by atoms with Crippen LogP contribution in [0.5, 0.6) is 0 Å². The Morgan fingerprint density at radius 1 is 1.22 bits per heavy atom. The molecular formula is C9H8F3NO4S. The van der Waals surface area contributed by atoms with Crippen LogP contribution in [-0.4, -0.2) is 31.4 Å². The normalized spacial score (nSPS) is 12.5. The van der Waals surface area contributed by atoms with Crippen LogP contribution in [0.15, 0.2) is 30.3 Å². The maximum atomic E-state index is 12.1. The predicted molar refractivity (Wildman–Crippen MR) is 54.6 cm³/mol. The lowest BCUT2D eigenvalue weighted by atomic mass is 10.2. The molecule has 0 atom stereocenters. The lowest BCUT2D eigenvalue weighted by molar-refractivity contribution is -0.0761. The largest absolute Gasteiger partial charge is 0.514 e. The minimum Gasteiger partial charge on any atom is -0.348 e. The van der Waals surface area contributed by atoms with Gasteiger partial charge in [-0.3, -0.25) is 0 Å². The molecule has 18 heavy (non-hydrogen) atoms. The molecule has 0 unspecified atom stereocenters. The molecule has 5 nitrogen and oxygen atoms in total. The SMILES string of the molecule is CN(OC(=O)c1ccccc1)S(=O)(=O)C(F)(F)F. The second kappa shape index (κ2) is 4.94. The summed E-state index contributed by atoms with van der Waals surface area (Å²) in [6.07, 6.45) is 0. The van der Waals surface area contributed by atoms with Gasteiger partial charge in [-0.1, -0.05) is 18.2 Å². The molecule has 0 heterocycles. The summed E-state index contributed by atoms with van der Waals surface area (Å²) >= 11 is 0. The molecule has 0 amide bonds. The van der Waals surface area contributed by atoms with Crippen LogP contribution in [0, 0.1) is 0 Å². The maximum absolute atomic E-state index is 12.1. The van der Waals surface area contributed by atoms with Crippen LogP contribution >= 0.6 is 0 Å². The van der Waals surface area contributed by atoms with E-state index in [0.29, 0.717) is 7.05 Å². The van der Waals surface area contributed by atoms with Crippen molar-refractivity contribution >= 4 is 16.0 Å². The molecule has 0 bridgehead atoms. The van der Waals surface area contributed by atoms with Crippen molar-refractivity contribution in [3.63, 3.8) is 0 Å². The third-order valence-corrected chi connectivity index (χ3v) is 3.19. The van der Waals surface area contributed by atoms with Gasteiger partial charge in [-0.15, -0.1) is 0 Å². The minimum atomic E-state index is -5.69. The van der Waals surface area contributed by atoms with Crippen LogP contribution in [0.3, 0.4) is 0 Å². The quantitative estimate of drug-likeness (QED) is 0.789. The second-order valence-corrected chi connectivity index (χ2v) is 5.03. The fourth-order valence-corrected chi connectivity index (χ4v) is 1.40. The number of halogens is 3. The highest BCUT2D eigenvalue weighted by Crippen LogP contribution is 2.26. The molecule has 100 valence electrons. The van der Waals surface area contributed by atoms with Gasteiger partial charge in [0.1, 0.15) is 0 Å². The first-order valence-corrected chi connectivity index (χ1v) is 5.93. The van der Waals surface area contributed by atoms with E-state index in [4.69, 9.17) is 0 Å². The fraction of sp³-hybridized carbons (Fsp3) is 0.222. The van der Waals surface area contributed by atoms with Crippen molar-refractivity contribution < 1.29 is 31.2 Å². The van der Waals surface area contributed by atoms with Gasteiger partial charge in [-0.25, -0.2) is 4.79 Å². The first kappa shape index (κ1) is 14.5. The van der Waals surface area contributed by atoms with Crippen LogP contribution < -0.4 is 0 Å². The number of hydrogen-bond donors (Lipinski definition) is 0. The second-order valence-electron chi connectivity index (χ2n) is 3.11. The predicted octanol–water partition coefficient (Wildman–Crippen LogP) is 1.54. The van der Waals surface area contributed by atoms with Crippen LogP contribution in [-0.2, 0) is 14.9 Å². The number of hydrogen-bond acceptors (Lipinski definition) is 4. The number of hydroxylamine groups is 1. The summed E-state index contributed by atoms with van der Waals surface area (Å²) in [4.78, 5) is 15.4. The van der Waals surface area contributed by atoms with Gasteiger partial charge in [0.05, 0.1) is 5.56 Å². The highest BCUT2D eigenvalue weighted by atomic mass is 32.2. The van der Waals surface area contributed by atoms with Gasteiger partial charge >= 0.3 is 21.5 Å². The number of carbonyl (C=O) groups excluding carboxylic acids is 1. The summed E-state index contributed by atoms with van der Waals surface area (Å²) in [5, 5.41) is 0. The Kier molecular flexibility index (Phi) is 3.97. The zero-order valence-electron chi connectivity index (χ0n) is 9.01. The molecule has 1 aromatic rings. The van der Waals surface area contributed by atoms with E-state index in [1.807, 2.05) is 0 Å². The first-order chi connectivity index (χ1) is 8.16. The highest BCUT2D eigenvalue weighted by molar-refractivity contribution is 7.89. The minimum absolute atomic E-state index is 0.0678. The van der Waals surface area contributed by atoms with Crippen LogP contribution in [0.25, 0.3) is 0 Å². The van der Waals surface area contributed by atoms with Crippen molar-refractivity contribution in [2.24, 2.45) is 0 Å². The highest BCUT2D eigenvalue weighted by Gasteiger charge is 2.50. The molecule has 0 N–H and O–H groups in total. The van der Waals surface area contributed by atoms with E-state index < -0.39 is 26.0 Å².